The first-order valence-corrected chi connectivity index (χ1v) is 7.46. The first-order valence-electron chi connectivity index (χ1n) is 7.46. The summed E-state index contributed by atoms with van der Waals surface area (Å²) in [5, 5.41) is 0. The van der Waals surface area contributed by atoms with Gasteiger partial charge in [-0.05, 0) is 44.4 Å². The molecule has 22 heavy (non-hydrogen) atoms. The summed E-state index contributed by atoms with van der Waals surface area (Å²) in [6.07, 6.45) is 1.64. The van der Waals surface area contributed by atoms with Crippen LogP contribution in [0.3, 0.4) is 0 Å². The van der Waals surface area contributed by atoms with Crippen molar-refractivity contribution in [2.24, 2.45) is 0 Å². The number of likely N-dealkylation sites (N-methyl/N-ethyl adjacent to an activating group) is 1. The molecule has 1 aliphatic rings. The zero-order valence-corrected chi connectivity index (χ0v) is 13.6. The van der Waals surface area contributed by atoms with Crippen LogP contribution in [0.15, 0.2) is 18.2 Å². The van der Waals surface area contributed by atoms with Gasteiger partial charge >= 0.3 is 6.09 Å². The van der Waals surface area contributed by atoms with E-state index in [0.29, 0.717) is 13.0 Å². The van der Waals surface area contributed by atoms with Gasteiger partial charge in [0.25, 0.3) is 0 Å². The van der Waals surface area contributed by atoms with Crippen LogP contribution >= 0.6 is 0 Å². The molecule has 0 N–H and O–H groups in total. The minimum atomic E-state index is -0.580. The fourth-order valence-corrected chi connectivity index (χ4v) is 2.35. The predicted molar refractivity (Wildman–Crippen MR) is 83.2 cm³/mol. The quantitative estimate of drug-likeness (QED) is 0.802. The van der Waals surface area contributed by atoms with Crippen molar-refractivity contribution < 1.29 is 19.1 Å². The van der Waals surface area contributed by atoms with Crippen LogP contribution in [0, 0.1) is 0 Å². The van der Waals surface area contributed by atoms with Gasteiger partial charge in [0.05, 0.1) is 12.6 Å². The van der Waals surface area contributed by atoms with Crippen molar-refractivity contribution in [2.75, 3.05) is 13.7 Å². The van der Waals surface area contributed by atoms with E-state index in [1.54, 1.807) is 27.8 Å². The van der Waals surface area contributed by atoms with Crippen LogP contribution in [0.1, 0.15) is 31.9 Å². The number of nitrogens with zero attached hydrogens (tertiary/aromatic N) is 1. The molecule has 1 aromatic carbocycles. The Morgan fingerprint density at radius 1 is 1.45 bits per heavy atom. The van der Waals surface area contributed by atoms with Gasteiger partial charge < -0.3 is 19.2 Å². The van der Waals surface area contributed by atoms with Crippen molar-refractivity contribution in [3.8, 4) is 5.75 Å². The highest BCUT2D eigenvalue weighted by atomic mass is 16.6. The Morgan fingerprint density at radius 2 is 2.18 bits per heavy atom. The van der Waals surface area contributed by atoms with Gasteiger partial charge in [-0.1, -0.05) is 12.1 Å². The monoisotopic (exact) mass is 305 g/mol. The molecule has 1 heterocycles. The van der Waals surface area contributed by atoms with Gasteiger partial charge in [-0.15, -0.1) is 0 Å². The topological polar surface area (TPSA) is 55.8 Å². The summed E-state index contributed by atoms with van der Waals surface area (Å²) in [5.41, 5.74) is 1.59. The van der Waals surface area contributed by atoms with Gasteiger partial charge in [0.15, 0.2) is 0 Å². The molecule has 0 radical (unpaired) electrons. The van der Waals surface area contributed by atoms with E-state index in [-0.39, 0.29) is 0 Å². The molecule has 0 saturated heterocycles. The highest BCUT2D eigenvalue weighted by Gasteiger charge is 2.25. The van der Waals surface area contributed by atoms with E-state index in [9.17, 15) is 9.59 Å². The van der Waals surface area contributed by atoms with Crippen LogP contribution in [0.5, 0.6) is 5.75 Å². The van der Waals surface area contributed by atoms with E-state index in [0.717, 1.165) is 29.6 Å². The SMILES string of the molecule is CN(C(=O)OC(C)(C)C)C(C=O)Cc1ccc2c(c1)CCO2. The lowest BCUT2D eigenvalue weighted by Gasteiger charge is -2.28. The average Bonchev–Trinajstić information content (AvgIpc) is 2.89. The Labute approximate surface area is 131 Å². The molecule has 1 aromatic rings. The lowest BCUT2D eigenvalue weighted by Crippen LogP contribution is -2.42. The third-order valence-electron chi connectivity index (χ3n) is 3.53. The second-order valence-corrected chi connectivity index (χ2v) is 6.54. The van der Waals surface area contributed by atoms with Crippen molar-refractivity contribution in [2.45, 2.75) is 45.3 Å². The van der Waals surface area contributed by atoms with E-state index in [1.807, 2.05) is 18.2 Å². The number of hydrogen-bond donors (Lipinski definition) is 0. The molecule has 0 aliphatic carbocycles. The molecule has 1 unspecified atom stereocenters. The van der Waals surface area contributed by atoms with Gasteiger partial charge in [0, 0.05) is 13.5 Å². The van der Waals surface area contributed by atoms with Gasteiger partial charge in [-0.3, -0.25) is 0 Å². The molecular formula is C17H23NO4. The maximum atomic E-state index is 12.1. The molecular weight excluding hydrogens is 282 g/mol. The maximum Gasteiger partial charge on any atom is 0.410 e. The molecule has 1 aliphatic heterocycles. The fourth-order valence-electron chi connectivity index (χ4n) is 2.35. The first-order chi connectivity index (χ1) is 10.3. The van der Waals surface area contributed by atoms with Crippen LogP contribution in [-0.2, 0) is 22.4 Å². The number of aldehydes is 1. The average molecular weight is 305 g/mol. The lowest BCUT2D eigenvalue weighted by atomic mass is 10.0. The van der Waals surface area contributed by atoms with E-state index < -0.39 is 17.7 Å². The standard InChI is InChI=1S/C17H23NO4/c1-17(2,3)22-16(20)18(4)14(11-19)10-12-5-6-15-13(9-12)7-8-21-15/h5-6,9,11,14H,7-8,10H2,1-4H3. The Balaban J connectivity index is 2.05. The first kappa shape index (κ1) is 16.3. The summed E-state index contributed by atoms with van der Waals surface area (Å²) in [7, 11) is 1.59. The van der Waals surface area contributed by atoms with Crippen molar-refractivity contribution in [3.63, 3.8) is 0 Å². The van der Waals surface area contributed by atoms with Gasteiger partial charge in [-0.25, -0.2) is 4.79 Å². The number of rotatable bonds is 4. The Bertz CT molecular complexity index is 562. The molecule has 1 amide bonds. The molecule has 0 aromatic heterocycles. The molecule has 0 fully saturated rings. The molecule has 0 saturated carbocycles. The van der Waals surface area contributed by atoms with Crippen LogP contribution in [-0.4, -0.2) is 42.6 Å². The van der Waals surface area contributed by atoms with Crippen molar-refractivity contribution >= 4 is 12.4 Å². The fraction of sp³-hybridized carbons (Fsp3) is 0.529. The van der Waals surface area contributed by atoms with Crippen molar-refractivity contribution in [1.82, 2.24) is 4.90 Å². The third-order valence-corrected chi connectivity index (χ3v) is 3.53. The normalized spacial score (nSPS) is 14.7. The largest absolute Gasteiger partial charge is 0.493 e. The molecule has 120 valence electrons. The Hall–Kier alpha value is -2.04. The van der Waals surface area contributed by atoms with Gasteiger partial charge in [0.2, 0.25) is 0 Å². The van der Waals surface area contributed by atoms with Gasteiger partial charge in [-0.2, -0.15) is 0 Å². The summed E-state index contributed by atoms with van der Waals surface area (Å²) < 4.78 is 10.8. The summed E-state index contributed by atoms with van der Waals surface area (Å²) in [5.74, 6) is 0.909. The molecule has 0 bridgehead atoms. The van der Waals surface area contributed by atoms with Crippen LogP contribution in [0.25, 0.3) is 0 Å². The number of carbonyl (C=O) groups is 2. The molecule has 5 heteroatoms. The number of fused-ring (bicyclic) bond motifs is 1. The molecule has 2 rings (SSSR count). The lowest BCUT2D eigenvalue weighted by molar-refractivity contribution is -0.112. The Kier molecular flexibility index (Phi) is 4.74. The van der Waals surface area contributed by atoms with Gasteiger partial charge in [0.1, 0.15) is 17.6 Å². The minimum Gasteiger partial charge on any atom is -0.493 e. The number of ether oxygens (including phenoxy) is 2. The smallest absolute Gasteiger partial charge is 0.410 e. The van der Waals surface area contributed by atoms with Crippen LogP contribution in [0.4, 0.5) is 4.79 Å². The number of carbonyl (C=O) groups excluding carboxylic acids is 2. The third kappa shape index (κ3) is 4.00. The van der Waals surface area contributed by atoms with Crippen LogP contribution < -0.4 is 4.74 Å². The highest BCUT2D eigenvalue weighted by Crippen LogP contribution is 2.26. The zero-order chi connectivity index (χ0) is 16.3. The molecule has 1 atom stereocenters. The second-order valence-electron chi connectivity index (χ2n) is 6.54. The van der Waals surface area contributed by atoms with Crippen LogP contribution in [0.2, 0.25) is 0 Å². The number of hydrogen-bond acceptors (Lipinski definition) is 4. The van der Waals surface area contributed by atoms with E-state index in [1.165, 1.54) is 4.90 Å². The molecule has 0 spiro atoms. The number of benzene rings is 1. The van der Waals surface area contributed by atoms with Crippen molar-refractivity contribution in [3.05, 3.63) is 29.3 Å². The Morgan fingerprint density at radius 3 is 2.82 bits per heavy atom. The second kappa shape index (κ2) is 6.38. The summed E-state index contributed by atoms with van der Waals surface area (Å²) in [6, 6.07) is 5.36. The molecule has 5 nitrogen and oxygen atoms in total. The summed E-state index contributed by atoms with van der Waals surface area (Å²) in [4.78, 5) is 24.8. The van der Waals surface area contributed by atoms with Crippen molar-refractivity contribution in [1.29, 1.82) is 0 Å². The maximum absolute atomic E-state index is 12.1. The number of amides is 1. The van der Waals surface area contributed by atoms with E-state index in [2.05, 4.69) is 0 Å². The highest BCUT2D eigenvalue weighted by molar-refractivity contribution is 5.73. The minimum absolute atomic E-state index is 0.465. The predicted octanol–water partition coefficient (Wildman–Crippen LogP) is 2.60. The van der Waals surface area contributed by atoms with E-state index in [4.69, 9.17) is 9.47 Å². The zero-order valence-electron chi connectivity index (χ0n) is 13.6. The van der Waals surface area contributed by atoms with E-state index >= 15 is 0 Å². The summed E-state index contributed by atoms with van der Waals surface area (Å²) >= 11 is 0. The summed E-state index contributed by atoms with van der Waals surface area (Å²) in [6.45, 7) is 6.10.